The van der Waals surface area contributed by atoms with Gasteiger partial charge in [0.15, 0.2) is 15.8 Å². The van der Waals surface area contributed by atoms with Crippen molar-refractivity contribution in [2.45, 2.75) is 4.90 Å². The van der Waals surface area contributed by atoms with E-state index in [1.54, 1.807) is 0 Å². The normalized spacial score (nSPS) is 13.2. The summed E-state index contributed by atoms with van der Waals surface area (Å²) in [4.78, 5) is 23.6. The van der Waals surface area contributed by atoms with Crippen molar-refractivity contribution in [2.75, 3.05) is 7.11 Å². The number of hydrogen-bond donors (Lipinski definition) is 1. The third-order valence-electron chi connectivity index (χ3n) is 2.94. The molecule has 0 bridgehead atoms. The van der Waals surface area contributed by atoms with Crippen LogP contribution in [0.5, 0.6) is 0 Å². The summed E-state index contributed by atoms with van der Waals surface area (Å²) in [7, 11) is -3.36. The molecule has 116 valence electrons. The highest BCUT2D eigenvalue weighted by Gasteiger charge is 2.23. The van der Waals surface area contributed by atoms with Gasteiger partial charge in [-0.2, -0.15) is 13.9 Å². The van der Waals surface area contributed by atoms with Crippen molar-refractivity contribution in [3.8, 4) is 0 Å². The van der Waals surface area contributed by atoms with E-state index >= 15 is 0 Å². The Balaban J connectivity index is 3.41. The molecule has 0 unspecified atom stereocenters. The van der Waals surface area contributed by atoms with Crippen molar-refractivity contribution in [1.82, 2.24) is 0 Å². The van der Waals surface area contributed by atoms with E-state index in [1.165, 1.54) is 12.1 Å². The first-order chi connectivity index (χ1) is 10.9. The molecular formula is C11H7N6O5S+. The number of rotatable bonds is 3. The van der Waals surface area contributed by atoms with Gasteiger partial charge in [0.05, 0.1) is 7.11 Å². The molecule has 0 amide bonds. The summed E-state index contributed by atoms with van der Waals surface area (Å²) < 4.78 is 28.4. The Morgan fingerprint density at radius 1 is 1.22 bits per heavy atom. The van der Waals surface area contributed by atoms with E-state index in [2.05, 4.69) is 24.7 Å². The Kier molecular flexibility index (Phi) is 4.16. The summed E-state index contributed by atoms with van der Waals surface area (Å²) in [6, 6.07) is 3.55. The number of benzene rings is 2. The van der Waals surface area contributed by atoms with Gasteiger partial charge in [0.1, 0.15) is 4.90 Å². The molecule has 0 aliphatic rings. The second kappa shape index (κ2) is 5.91. The van der Waals surface area contributed by atoms with Crippen molar-refractivity contribution in [3.63, 3.8) is 0 Å². The summed E-state index contributed by atoms with van der Waals surface area (Å²) in [5.41, 5.74) is 4.47. The zero-order valence-corrected chi connectivity index (χ0v) is 12.2. The molecule has 0 aliphatic carbocycles. The predicted octanol–water partition coefficient (Wildman–Crippen LogP) is -0.714. The summed E-state index contributed by atoms with van der Waals surface area (Å²) in [5.74, 6) is 0. The van der Waals surface area contributed by atoms with Crippen LogP contribution < -0.4 is 21.6 Å². The molecule has 0 spiro atoms. The summed E-state index contributed by atoms with van der Waals surface area (Å²) in [6.45, 7) is 0. The van der Waals surface area contributed by atoms with E-state index in [9.17, 15) is 18.0 Å². The third kappa shape index (κ3) is 2.54. The van der Waals surface area contributed by atoms with Gasteiger partial charge in [-0.1, -0.05) is 17.4 Å². The topological polar surface area (TPSA) is 167 Å². The van der Waals surface area contributed by atoms with E-state index in [0.717, 1.165) is 13.2 Å². The van der Waals surface area contributed by atoms with Gasteiger partial charge in [0, 0.05) is 10.8 Å². The summed E-state index contributed by atoms with van der Waals surface area (Å²) in [5, 5.41) is 18.4. The highest BCUT2D eigenvalue weighted by atomic mass is 32.2. The number of nitrogens with one attached hydrogen (secondary N) is 1. The molecule has 0 radical (unpaired) electrons. The van der Waals surface area contributed by atoms with Crippen LogP contribution >= 0.6 is 0 Å². The van der Waals surface area contributed by atoms with Crippen LogP contribution in [-0.2, 0) is 14.3 Å². The molecule has 0 saturated carbocycles. The van der Waals surface area contributed by atoms with E-state index in [4.69, 9.17) is 10.9 Å². The fourth-order valence-corrected chi connectivity index (χ4v) is 2.88. The maximum Gasteiger partial charge on any atom is 0.339 e. The second-order valence-electron chi connectivity index (χ2n) is 4.04. The molecule has 0 fully saturated rings. The van der Waals surface area contributed by atoms with Crippen LogP contribution in [0.4, 0.5) is 0 Å². The molecule has 0 aromatic heterocycles. The minimum absolute atomic E-state index is 0.278. The Bertz CT molecular complexity index is 1180. The second-order valence-corrected chi connectivity index (χ2v) is 5.73. The lowest BCUT2D eigenvalue weighted by Crippen LogP contribution is -2.48. The smallest absolute Gasteiger partial charge is 0.285 e. The Morgan fingerprint density at radius 3 is 2.48 bits per heavy atom. The van der Waals surface area contributed by atoms with Crippen LogP contribution in [0.25, 0.3) is 15.9 Å². The number of nitrogens with zero attached hydrogens (tertiary/aromatic N) is 5. The lowest BCUT2D eigenvalue weighted by molar-refractivity contribution is 0.398. The minimum atomic E-state index is -4.27. The molecule has 0 aliphatic heterocycles. The number of fused-ring (bicyclic) bond motifs is 1. The van der Waals surface area contributed by atoms with Crippen molar-refractivity contribution < 1.29 is 12.6 Å². The molecule has 23 heavy (non-hydrogen) atoms. The number of diazo groups is 1. The minimum Gasteiger partial charge on any atom is -0.285 e. The monoisotopic (exact) mass is 335 g/mol. The van der Waals surface area contributed by atoms with Crippen molar-refractivity contribution in [1.29, 1.82) is 10.9 Å². The van der Waals surface area contributed by atoms with Crippen molar-refractivity contribution in [2.24, 2.45) is 15.4 Å². The first kappa shape index (κ1) is 16.2. The third-order valence-corrected chi connectivity index (χ3v) is 4.25. The lowest BCUT2D eigenvalue weighted by atomic mass is 10.1. The van der Waals surface area contributed by atoms with E-state index in [1.807, 2.05) is 0 Å². The summed E-state index contributed by atoms with van der Waals surface area (Å²) in [6.07, 6.45) is 0. The Morgan fingerprint density at radius 2 is 1.91 bits per heavy atom. The summed E-state index contributed by atoms with van der Waals surface area (Å²) >= 11 is 0. The van der Waals surface area contributed by atoms with Crippen LogP contribution in [0.3, 0.4) is 0 Å². The maximum absolute atomic E-state index is 12.1. The van der Waals surface area contributed by atoms with Gasteiger partial charge in [-0.25, -0.2) is 0 Å². The van der Waals surface area contributed by atoms with E-state index in [-0.39, 0.29) is 10.8 Å². The average molecular weight is 335 g/mol. The van der Waals surface area contributed by atoms with Crippen molar-refractivity contribution in [3.05, 3.63) is 54.4 Å². The predicted molar refractivity (Wildman–Crippen MR) is 74.4 cm³/mol. The molecule has 0 saturated heterocycles. The van der Waals surface area contributed by atoms with Crippen LogP contribution in [0.2, 0.25) is 0 Å². The van der Waals surface area contributed by atoms with E-state index in [0.29, 0.717) is 0 Å². The lowest BCUT2D eigenvalue weighted by Gasteiger charge is -2.04. The highest BCUT2D eigenvalue weighted by molar-refractivity contribution is 7.87. The van der Waals surface area contributed by atoms with Crippen molar-refractivity contribution >= 4 is 20.9 Å². The highest BCUT2D eigenvalue weighted by Crippen LogP contribution is 2.18. The maximum atomic E-state index is 12.1. The van der Waals surface area contributed by atoms with Gasteiger partial charge in [0.25, 0.3) is 20.9 Å². The van der Waals surface area contributed by atoms with Gasteiger partial charge in [-0.05, 0) is 6.07 Å². The Labute approximate surface area is 127 Å². The average Bonchev–Trinajstić information content (AvgIpc) is 2.55. The van der Waals surface area contributed by atoms with E-state index < -0.39 is 36.6 Å². The fraction of sp³-hybridized carbons (Fsp3) is 0.0909. The number of hydrogen-bond acceptors (Lipinski definition) is 9. The molecular weight excluding hydrogens is 328 g/mol. The standard InChI is InChI=1S/C11H7N6O5S/c1-22-23(20,21)6-4-2-3-5-7(6)8(14-16-12)9(15-17-13)11(19)10(5)18/h2-4,13H,1H3/q+1. The molecule has 1 N–H and O–H groups in total. The van der Waals surface area contributed by atoms with Gasteiger partial charge in [0.2, 0.25) is 5.43 Å². The van der Waals surface area contributed by atoms with Gasteiger partial charge < -0.3 is 0 Å². The molecule has 0 heterocycles. The zero-order valence-electron chi connectivity index (χ0n) is 11.4. The Hall–Kier alpha value is -3.17. The molecule has 2 rings (SSSR count). The first-order valence-electron chi connectivity index (χ1n) is 5.79. The molecule has 12 heteroatoms. The molecule has 0 atom stereocenters. The van der Waals surface area contributed by atoms with Crippen LogP contribution in [0.15, 0.2) is 48.1 Å². The van der Waals surface area contributed by atoms with Crippen LogP contribution in [-0.4, -0.2) is 15.5 Å². The quantitative estimate of drug-likeness (QED) is 0.255. The van der Waals surface area contributed by atoms with Crippen LogP contribution in [0.1, 0.15) is 0 Å². The zero-order chi connectivity index (χ0) is 17.2. The van der Waals surface area contributed by atoms with Crippen LogP contribution in [0, 0.1) is 10.9 Å². The van der Waals surface area contributed by atoms with Gasteiger partial charge in [-0.15, -0.1) is 5.10 Å². The molecule has 11 nitrogen and oxygen atoms in total. The first-order valence-corrected chi connectivity index (χ1v) is 7.19. The SMILES string of the molecule is COS(=O)(=O)c1cccc2c(=O)c(=O)c(=NN=N)c(=N[N+]#N)c12. The van der Waals surface area contributed by atoms with Gasteiger partial charge >= 0.3 is 5.08 Å². The largest absolute Gasteiger partial charge is 0.339 e. The van der Waals surface area contributed by atoms with Gasteiger partial charge in [-0.3, -0.25) is 13.8 Å². The fourth-order valence-electron chi connectivity index (χ4n) is 2.00. The molecule has 2 aromatic carbocycles. The molecule has 2 aromatic rings.